The Bertz CT molecular complexity index is 1130. The Balaban J connectivity index is 1.55. The second kappa shape index (κ2) is 10.8. The average Bonchev–Trinajstić information content (AvgIpc) is 3.53. The van der Waals surface area contributed by atoms with Crippen LogP contribution in [0.3, 0.4) is 0 Å². The fraction of sp³-hybridized carbons (Fsp3) is 0.593. The molecule has 5 rings (SSSR count). The summed E-state index contributed by atoms with van der Waals surface area (Å²) in [4.78, 5) is 20.4. The Morgan fingerprint density at radius 1 is 1.41 bits per heavy atom. The number of hydrogen-bond acceptors (Lipinski definition) is 6. The number of alkyl halides is 2. The SMILES string of the molecule is CN=CC(=CN)C1=CC2C[C@@H](CC(F)F)CN(c3nn([C@H]4CCOC4)c4c3CN(C(C)=O)CC4)C2C=C1. The maximum absolute atomic E-state index is 13.6. The van der Waals surface area contributed by atoms with Gasteiger partial charge in [-0.1, -0.05) is 18.2 Å². The maximum atomic E-state index is 13.6. The molecule has 0 bridgehead atoms. The Hall–Kier alpha value is -3.01. The fourth-order valence-corrected chi connectivity index (χ4v) is 6.27. The van der Waals surface area contributed by atoms with E-state index in [-0.39, 0.29) is 36.2 Å². The number of carbonyl (C=O) groups excluding carboxylic acids is 1. The zero-order valence-corrected chi connectivity index (χ0v) is 21.5. The zero-order chi connectivity index (χ0) is 26.1. The lowest BCUT2D eigenvalue weighted by Gasteiger charge is -2.45. The summed E-state index contributed by atoms with van der Waals surface area (Å²) in [6.07, 6.45) is 9.33. The molecule has 4 atom stereocenters. The number of rotatable bonds is 6. The number of amides is 1. The van der Waals surface area contributed by atoms with Gasteiger partial charge < -0.3 is 20.3 Å². The molecule has 2 saturated heterocycles. The van der Waals surface area contributed by atoms with Gasteiger partial charge >= 0.3 is 0 Å². The van der Waals surface area contributed by atoms with Crippen LogP contribution in [0.15, 0.2) is 40.6 Å². The number of aromatic nitrogens is 2. The summed E-state index contributed by atoms with van der Waals surface area (Å²) in [5.41, 5.74) is 9.78. The van der Waals surface area contributed by atoms with Gasteiger partial charge in [-0.2, -0.15) is 5.10 Å². The molecule has 0 aromatic carbocycles. The van der Waals surface area contributed by atoms with Gasteiger partial charge in [0.1, 0.15) is 0 Å². The number of nitrogens with two attached hydrogens (primary N) is 1. The number of hydrogen-bond donors (Lipinski definition) is 1. The van der Waals surface area contributed by atoms with Crippen molar-refractivity contribution in [3.05, 3.63) is 46.8 Å². The third-order valence-corrected chi connectivity index (χ3v) is 8.05. The predicted octanol–water partition coefficient (Wildman–Crippen LogP) is 3.25. The Labute approximate surface area is 216 Å². The Kier molecular flexibility index (Phi) is 7.46. The molecule has 2 unspecified atom stereocenters. The molecule has 0 spiro atoms. The van der Waals surface area contributed by atoms with Crippen molar-refractivity contribution in [2.75, 3.05) is 38.3 Å². The highest BCUT2D eigenvalue weighted by Gasteiger charge is 2.40. The van der Waals surface area contributed by atoms with Gasteiger partial charge in [0.05, 0.1) is 25.2 Å². The molecule has 1 aliphatic carbocycles. The van der Waals surface area contributed by atoms with E-state index in [1.54, 1.807) is 20.2 Å². The second-order valence-electron chi connectivity index (χ2n) is 10.4. The molecule has 1 amide bonds. The molecule has 3 aliphatic heterocycles. The van der Waals surface area contributed by atoms with Gasteiger partial charge in [-0.3, -0.25) is 14.5 Å². The maximum Gasteiger partial charge on any atom is 0.239 e. The highest BCUT2D eigenvalue weighted by Crippen LogP contribution is 2.41. The number of ether oxygens (including phenoxy) is 1. The minimum atomic E-state index is -2.37. The van der Waals surface area contributed by atoms with Crippen LogP contribution in [0.5, 0.6) is 0 Å². The van der Waals surface area contributed by atoms with Crippen molar-refractivity contribution in [2.45, 2.75) is 57.7 Å². The lowest BCUT2D eigenvalue weighted by molar-refractivity contribution is -0.129. The van der Waals surface area contributed by atoms with Gasteiger partial charge in [-0.25, -0.2) is 8.78 Å². The molecule has 2 fully saturated rings. The van der Waals surface area contributed by atoms with E-state index in [1.807, 2.05) is 11.0 Å². The normalized spacial score (nSPS) is 28.1. The minimum absolute atomic E-state index is 0.0183. The first-order chi connectivity index (χ1) is 17.9. The summed E-state index contributed by atoms with van der Waals surface area (Å²) in [7, 11) is 1.69. The van der Waals surface area contributed by atoms with Crippen LogP contribution in [-0.2, 0) is 22.5 Å². The van der Waals surface area contributed by atoms with Crippen LogP contribution in [-0.4, -0.2) is 72.6 Å². The molecule has 4 aliphatic rings. The number of halogens is 2. The van der Waals surface area contributed by atoms with E-state index in [0.29, 0.717) is 39.3 Å². The molecule has 10 heteroatoms. The van der Waals surface area contributed by atoms with Crippen LogP contribution >= 0.6 is 0 Å². The van der Waals surface area contributed by atoms with Gasteiger partial charge in [-0.15, -0.1) is 0 Å². The van der Waals surface area contributed by atoms with Gasteiger partial charge in [-0.05, 0) is 24.3 Å². The van der Waals surface area contributed by atoms with Gasteiger partial charge in [0.15, 0.2) is 5.82 Å². The molecule has 8 nitrogen and oxygen atoms in total. The van der Waals surface area contributed by atoms with E-state index < -0.39 is 6.43 Å². The molecule has 1 aromatic heterocycles. The molecule has 2 N–H and O–H groups in total. The monoisotopic (exact) mass is 514 g/mol. The lowest BCUT2D eigenvalue weighted by Crippen LogP contribution is -2.49. The third-order valence-electron chi connectivity index (χ3n) is 8.05. The van der Waals surface area contributed by atoms with E-state index in [2.05, 4.69) is 26.7 Å². The Morgan fingerprint density at radius 3 is 2.92 bits per heavy atom. The topological polar surface area (TPSA) is 89.0 Å². The standard InChI is InChI=1S/C27H36F2N6O2/c1-17(36)33-7-5-25-23(15-33)27(32-35(25)22-6-8-37-16-22)34-14-18(10-26(28)29)9-20-11-19(3-4-24(20)34)21(12-30)13-31-2/h3-4,11-13,18,20,22,24,26H,5-10,14-16,30H2,1-2H3/t18-,20?,22-,24?/m0/s1. The number of nitrogens with zero attached hydrogens (tertiary/aromatic N) is 5. The number of carbonyl (C=O) groups is 1. The Morgan fingerprint density at radius 2 is 2.24 bits per heavy atom. The number of aliphatic imine (C=N–C) groups is 1. The lowest BCUT2D eigenvalue weighted by atomic mass is 9.77. The molecule has 4 heterocycles. The van der Waals surface area contributed by atoms with Gasteiger partial charge in [0.2, 0.25) is 12.3 Å². The first kappa shape index (κ1) is 25.6. The van der Waals surface area contributed by atoms with E-state index in [4.69, 9.17) is 15.6 Å². The molecular weight excluding hydrogens is 478 g/mol. The van der Waals surface area contributed by atoms with Crippen molar-refractivity contribution in [2.24, 2.45) is 22.6 Å². The molecule has 0 radical (unpaired) electrons. The second-order valence-corrected chi connectivity index (χ2v) is 10.4. The van der Waals surface area contributed by atoms with Gasteiger partial charge in [0, 0.05) is 81.7 Å². The highest BCUT2D eigenvalue weighted by molar-refractivity contribution is 5.86. The molecule has 37 heavy (non-hydrogen) atoms. The number of allylic oxidation sites excluding steroid dienone is 3. The van der Waals surface area contributed by atoms with Gasteiger partial charge in [0.25, 0.3) is 0 Å². The van der Waals surface area contributed by atoms with E-state index in [9.17, 15) is 13.6 Å². The summed E-state index contributed by atoms with van der Waals surface area (Å²) in [6, 6.07) is 0.137. The van der Waals surface area contributed by atoms with E-state index in [0.717, 1.165) is 41.1 Å². The van der Waals surface area contributed by atoms with Crippen LogP contribution in [0, 0.1) is 11.8 Å². The third kappa shape index (κ3) is 5.08. The predicted molar refractivity (Wildman–Crippen MR) is 139 cm³/mol. The molecule has 0 saturated carbocycles. The minimum Gasteiger partial charge on any atom is -0.404 e. The summed E-state index contributed by atoms with van der Waals surface area (Å²) in [5.74, 6) is 0.692. The molecule has 1 aromatic rings. The van der Waals surface area contributed by atoms with Crippen molar-refractivity contribution in [1.82, 2.24) is 14.7 Å². The summed E-state index contributed by atoms with van der Waals surface area (Å²) < 4.78 is 34.9. The summed E-state index contributed by atoms with van der Waals surface area (Å²) >= 11 is 0. The van der Waals surface area contributed by atoms with Crippen molar-refractivity contribution in [3.8, 4) is 0 Å². The van der Waals surface area contributed by atoms with Crippen LogP contribution in [0.25, 0.3) is 0 Å². The quantitative estimate of drug-likeness (QED) is 0.589. The van der Waals surface area contributed by atoms with Crippen molar-refractivity contribution in [3.63, 3.8) is 0 Å². The van der Waals surface area contributed by atoms with Crippen LogP contribution in [0.4, 0.5) is 14.6 Å². The van der Waals surface area contributed by atoms with Crippen LogP contribution < -0.4 is 10.6 Å². The first-order valence-electron chi connectivity index (χ1n) is 13.1. The van der Waals surface area contributed by atoms with E-state index in [1.165, 1.54) is 6.20 Å². The zero-order valence-electron chi connectivity index (χ0n) is 21.5. The fourth-order valence-electron chi connectivity index (χ4n) is 6.27. The molecular formula is C27H36F2N6O2. The number of fused-ring (bicyclic) bond motifs is 2. The first-order valence-corrected chi connectivity index (χ1v) is 13.1. The summed E-state index contributed by atoms with van der Waals surface area (Å²) in [5, 5.41) is 5.13. The van der Waals surface area contributed by atoms with Crippen LogP contribution in [0.1, 0.15) is 43.5 Å². The van der Waals surface area contributed by atoms with Crippen molar-refractivity contribution in [1.29, 1.82) is 0 Å². The smallest absolute Gasteiger partial charge is 0.239 e. The highest BCUT2D eigenvalue weighted by atomic mass is 19.3. The number of piperidine rings is 1. The average molecular weight is 515 g/mol. The largest absolute Gasteiger partial charge is 0.404 e. The van der Waals surface area contributed by atoms with Crippen molar-refractivity contribution < 1.29 is 18.3 Å². The van der Waals surface area contributed by atoms with E-state index >= 15 is 0 Å². The van der Waals surface area contributed by atoms with Crippen LogP contribution in [0.2, 0.25) is 0 Å². The summed E-state index contributed by atoms with van der Waals surface area (Å²) in [6.45, 7) is 4.54. The van der Waals surface area contributed by atoms with Crippen molar-refractivity contribution >= 4 is 17.9 Å². The molecule has 200 valence electrons. The number of anilines is 1.